The van der Waals surface area contributed by atoms with E-state index in [0.717, 1.165) is 42.7 Å². The molecule has 2 N–H and O–H groups in total. The van der Waals surface area contributed by atoms with Crippen molar-refractivity contribution in [1.82, 2.24) is 15.1 Å². The molecule has 3 aromatic rings. The number of piperazine rings is 1. The predicted molar refractivity (Wildman–Crippen MR) is 188 cm³/mol. The zero-order chi connectivity index (χ0) is 34.4. The number of carbonyl (C=O) groups is 2. The molecule has 1 fully saturated rings. The number of methoxy groups -OCH3 is 3. The third-order valence-electron chi connectivity index (χ3n) is 9.64. The van der Waals surface area contributed by atoms with Gasteiger partial charge in [-0.05, 0) is 59.2 Å². The maximum absolute atomic E-state index is 14.1. The lowest BCUT2D eigenvalue weighted by Crippen LogP contribution is -2.54. The molecule has 10 nitrogen and oxygen atoms in total. The van der Waals surface area contributed by atoms with Gasteiger partial charge < -0.3 is 29.7 Å². The molecule has 256 valence electrons. The molecule has 0 aromatic heterocycles. The van der Waals surface area contributed by atoms with Gasteiger partial charge in [0.2, 0.25) is 23.0 Å². The highest BCUT2D eigenvalue weighted by Gasteiger charge is 2.33. The van der Waals surface area contributed by atoms with Crippen molar-refractivity contribution in [3.63, 3.8) is 0 Å². The van der Waals surface area contributed by atoms with Crippen molar-refractivity contribution in [1.29, 1.82) is 0 Å². The van der Waals surface area contributed by atoms with E-state index in [2.05, 4.69) is 34.6 Å². The molecule has 0 bridgehead atoms. The Kier molecular flexibility index (Phi) is 11.3. The molecular formula is C38H48N4O6. The van der Waals surface area contributed by atoms with Gasteiger partial charge in [-0.3, -0.25) is 19.3 Å². The fourth-order valence-electron chi connectivity index (χ4n) is 6.84. The Morgan fingerprint density at radius 2 is 1.65 bits per heavy atom. The Labute approximate surface area is 283 Å². The lowest BCUT2D eigenvalue weighted by atomic mass is 9.95. The normalized spacial score (nSPS) is 17.2. The number of benzene rings is 2. The first-order valence-corrected chi connectivity index (χ1v) is 16.8. The number of hydrogen-bond donors (Lipinski definition) is 2. The summed E-state index contributed by atoms with van der Waals surface area (Å²) in [6.45, 7) is 9.25. The molecule has 3 aromatic carbocycles. The van der Waals surface area contributed by atoms with E-state index in [0.29, 0.717) is 54.4 Å². The minimum Gasteiger partial charge on any atom is -0.493 e. The third-order valence-corrected chi connectivity index (χ3v) is 9.64. The van der Waals surface area contributed by atoms with Crippen LogP contribution in [0.3, 0.4) is 0 Å². The van der Waals surface area contributed by atoms with Crippen molar-refractivity contribution in [2.24, 2.45) is 5.92 Å². The van der Waals surface area contributed by atoms with Gasteiger partial charge in [0.05, 0.1) is 33.1 Å². The highest BCUT2D eigenvalue weighted by Crippen LogP contribution is 2.50. The zero-order valence-electron chi connectivity index (χ0n) is 28.9. The number of hydrogen-bond acceptors (Lipinski definition) is 8. The Hall–Kier alpha value is -4.57. The van der Waals surface area contributed by atoms with Crippen LogP contribution in [0.15, 0.2) is 59.4 Å². The molecule has 5 rings (SSSR count). The molecule has 0 unspecified atom stereocenters. The van der Waals surface area contributed by atoms with Gasteiger partial charge in [0.1, 0.15) is 6.04 Å². The summed E-state index contributed by atoms with van der Waals surface area (Å²) >= 11 is 0. The van der Waals surface area contributed by atoms with Crippen molar-refractivity contribution < 1.29 is 23.8 Å². The summed E-state index contributed by atoms with van der Waals surface area (Å²) < 4.78 is 17.3. The molecule has 0 spiro atoms. The van der Waals surface area contributed by atoms with E-state index in [1.54, 1.807) is 33.5 Å². The number of ether oxygens (including phenoxy) is 3. The average Bonchev–Trinajstić information content (AvgIpc) is 3.34. The molecule has 10 heteroatoms. The number of nitrogens with one attached hydrogen (secondary N) is 2. The monoisotopic (exact) mass is 656 g/mol. The Balaban J connectivity index is 1.49. The fraction of sp³-hybridized carbons (Fsp3) is 0.447. The predicted octanol–water partition coefficient (Wildman–Crippen LogP) is 5.03. The van der Waals surface area contributed by atoms with E-state index in [4.69, 9.17) is 14.2 Å². The molecule has 0 saturated carbocycles. The molecule has 2 aliphatic rings. The topological polar surface area (TPSA) is 109 Å². The number of rotatable bonds is 11. The second kappa shape index (κ2) is 15.6. The Morgan fingerprint density at radius 1 is 0.938 bits per heavy atom. The lowest BCUT2D eigenvalue weighted by Gasteiger charge is -2.37. The van der Waals surface area contributed by atoms with Crippen LogP contribution in [0.1, 0.15) is 56.3 Å². The standard InChI is InChI=1S/C38H48N4O6/c1-7-24(2)35(38(45)42-19-17-41(18-20-42)23-26-11-9-8-10-12-26)40-31-16-14-28-29(22-32(31)44)30(39-25(3)43)15-13-27-21-33(46-4)36(47-5)37(48-6)34(27)28/h8-12,14,16,21-22,24,30,35H,7,13,15,17-20,23H2,1-6H3,(H,39,43)(H,40,44)/t24-,30+,35+/m1/s1. The quantitative estimate of drug-likeness (QED) is 0.296. The van der Waals surface area contributed by atoms with Crippen molar-refractivity contribution in [2.45, 2.75) is 58.7 Å². The van der Waals surface area contributed by atoms with Crippen LogP contribution in [0.25, 0.3) is 11.1 Å². The van der Waals surface area contributed by atoms with Crippen LogP contribution in [-0.4, -0.2) is 75.2 Å². The summed E-state index contributed by atoms with van der Waals surface area (Å²) in [5, 5.41) is 6.42. The number of anilines is 1. The van der Waals surface area contributed by atoms with E-state index >= 15 is 0 Å². The van der Waals surface area contributed by atoms with Crippen LogP contribution in [0.4, 0.5) is 5.69 Å². The molecule has 1 aliphatic heterocycles. The maximum atomic E-state index is 14.1. The first kappa shape index (κ1) is 34.8. The van der Waals surface area contributed by atoms with Crippen LogP contribution < -0.4 is 30.3 Å². The van der Waals surface area contributed by atoms with Crippen LogP contribution in [0.2, 0.25) is 0 Å². The van der Waals surface area contributed by atoms with Crippen molar-refractivity contribution in [3.05, 3.63) is 81.5 Å². The number of nitrogens with zero attached hydrogens (tertiary/aromatic N) is 2. The molecular weight excluding hydrogens is 608 g/mol. The third kappa shape index (κ3) is 7.44. The lowest BCUT2D eigenvalue weighted by molar-refractivity contribution is -0.135. The number of carbonyl (C=O) groups excluding carboxylic acids is 2. The van der Waals surface area contributed by atoms with E-state index < -0.39 is 12.1 Å². The average molecular weight is 657 g/mol. The minimum absolute atomic E-state index is 0.00357. The number of aryl methyl sites for hydroxylation is 1. The zero-order valence-corrected chi connectivity index (χ0v) is 28.9. The maximum Gasteiger partial charge on any atom is 0.245 e. The highest BCUT2D eigenvalue weighted by molar-refractivity contribution is 5.86. The number of fused-ring (bicyclic) bond motifs is 3. The van der Waals surface area contributed by atoms with E-state index in [1.807, 2.05) is 42.2 Å². The minimum atomic E-state index is -0.581. The Bertz CT molecular complexity index is 1670. The summed E-state index contributed by atoms with van der Waals surface area (Å²) in [7, 11) is 4.71. The van der Waals surface area contributed by atoms with Gasteiger partial charge in [-0.25, -0.2) is 0 Å². The summed E-state index contributed by atoms with van der Waals surface area (Å²) in [5.41, 5.74) is 4.47. The summed E-state index contributed by atoms with van der Waals surface area (Å²) in [5.74, 6) is 1.26. The van der Waals surface area contributed by atoms with Crippen LogP contribution in [0.5, 0.6) is 17.2 Å². The highest BCUT2D eigenvalue weighted by atomic mass is 16.5. The van der Waals surface area contributed by atoms with Gasteiger partial charge in [0.15, 0.2) is 11.5 Å². The van der Waals surface area contributed by atoms with Gasteiger partial charge in [-0.2, -0.15) is 0 Å². The van der Waals surface area contributed by atoms with Crippen molar-refractivity contribution >= 4 is 17.5 Å². The Morgan fingerprint density at radius 3 is 2.27 bits per heavy atom. The second-order valence-corrected chi connectivity index (χ2v) is 12.7. The smallest absolute Gasteiger partial charge is 0.245 e. The number of amides is 2. The molecule has 1 heterocycles. The molecule has 2 amide bonds. The molecule has 1 aliphatic carbocycles. The molecule has 1 saturated heterocycles. The summed E-state index contributed by atoms with van der Waals surface area (Å²) in [4.78, 5) is 44.7. The second-order valence-electron chi connectivity index (χ2n) is 12.7. The van der Waals surface area contributed by atoms with Gasteiger partial charge in [-0.15, -0.1) is 0 Å². The van der Waals surface area contributed by atoms with E-state index in [1.165, 1.54) is 12.5 Å². The summed E-state index contributed by atoms with van der Waals surface area (Å²) in [6, 6.07) is 16.5. The van der Waals surface area contributed by atoms with Gasteiger partial charge in [0.25, 0.3) is 0 Å². The van der Waals surface area contributed by atoms with Crippen molar-refractivity contribution in [3.8, 4) is 28.4 Å². The first-order valence-electron chi connectivity index (χ1n) is 16.8. The van der Waals surface area contributed by atoms with Gasteiger partial charge in [-0.1, -0.05) is 56.7 Å². The van der Waals surface area contributed by atoms with Gasteiger partial charge >= 0.3 is 0 Å². The first-order chi connectivity index (χ1) is 23.2. The fourth-order valence-corrected chi connectivity index (χ4v) is 6.84. The van der Waals surface area contributed by atoms with Crippen LogP contribution in [-0.2, 0) is 22.6 Å². The van der Waals surface area contributed by atoms with E-state index in [9.17, 15) is 14.4 Å². The van der Waals surface area contributed by atoms with Crippen LogP contribution in [0, 0.1) is 5.92 Å². The van der Waals surface area contributed by atoms with Crippen LogP contribution >= 0.6 is 0 Å². The molecule has 0 radical (unpaired) electrons. The van der Waals surface area contributed by atoms with Crippen molar-refractivity contribution in [2.75, 3.05) is 52.8 Å². The van der Waals surface area contributed by atoms with Gasteiger partial charge in [0, 0.05) is 45.2 Å². The van der Waals surface area contributed by atoms with E-state index in [-0.39, 0.29) is 23.2 Å². The largest absolute Gasteiger partial charge is 0.493 e. The summed E-state index contributed by atoms with van der Waals surface area (Å²) in [6.07, 6.45) is 1.93. The molecule has 48 heavy (non-hydrogen) atoms. The SMILES string of the molecule is CC[C@@H](C)[C@H](Nc1ccc2c(cc1=O)[C@@H](NC(C)=O)CCc1cc(OC)c(OC)c(OC)c1-2)C(=O)N1CCN(Cc2ccccc2)CC1. The molecule has 3 atom stereocenters.